The molecule has 0 spiro atoms. The fourth-order valence-electron chi connectivity index (χ4n) is 2.32. The molecule has 2 aliphatic rings. The second-order valence-corrected chi connectivity index (χ2v) is 4.95. The molecule has 4 heteroatoms. The summed E-state index contributed by atoms with van der Waals surface area (Å²) in [6, 6.07) is 0.269. The molecule has 3 nitrogen and oxygen atoms in total. The van der Waals surface area contributed by atoms with Gasteiger partial charge in [0.05, 0.1) is 0 Å². The first-order chi connectivity index (χ1) is 6.24. The van der Waals surface area contributed by atoms with E-state index in [1.165, 1.54) is 19.3 Å². The number of amides is 1. The van der Waals surface area contributed by atoms with Gasteiger partial charge in [-0.25, -0.2) is 0 Å². The molecule has 74 valence electrons. The summed E-state index contributed by atoms with van der Waals surface area (Å²) in [7, 11) is 0. The van der Waals surface area contributed by atoms with Gasteiger partial charge in [-0.2, -0.15) is 11.8 Å². The van der Waals surface area contributed by atoms with Crippen LogP contribution in [0.4, 0.5) is 0 Å². The van der Waals surface area contributed by atoms with E-state index < -0.39 is 0 Å². The van der Waals surface area contributed by atoms with Crippen molar-refractivity contribution in [3.8, 4) is 0 Å². The van der Waals surface area contributed by atoms with Crippen molar-refractivity contribution >= 4 is 17.7 Å². The quantitative estimate of drug-likeness (QED) is 0.658. The maximum atomic E-state index is 11.4. The Hall–Kier alpha value is -0.220. The Kier molecular flexibility index (Phi) is 2.51. The maximum Gasteiger partial charge on any atom is 0.241 e. The molecule has 1 amide bonds. The molecule has 1 saturated heterocycles. The van der Waals surface area contributed by atoms with Gasteiger partial charge in [-0.05, 0) is 19.1 Å². The SMILES string of the molecule is CSC1CCCC1N1CC(N)C1=O. The van der Waals surface area contributed by atoms with Crippen LogP contribution in [0.5, 0.6) is 0 Å². The lowest BCUT2D eigenvalue weighted by atomic mass is 10.0. The molecule has 3 unspecified atom stereocenters. The second-order valence-electron chi connectivity index (χ2n) is 3.87. The largest absolute Gasteiger partial charge is 0.335 e. The summed E-state index contributed by atoms with van der Waals surface area (Å²) < 4.78 is 0. The van der Waals surface area contributed by atoms with Gasteiger partial charge in [0.25, 0.3) is 0 Å². The van der Waals surface area contributed by atoms with Gasteiger partial charge in [-0.15, -0.1) is 0 Å². The Balaban J connectivity index is 1.97. The predicted octanol–water partition coefficient (Wildman–Crippen LogP) is 0.440. The van der Waals surface area contributed by atoms with Crippen LogP contribution in [0, 0.1) is 0 Å². The molecule has 0 radical (unpaired) electrons. The lowest BCUT2D eigenvalue weighted by Crippen LogP contribution is -2.65. The molecule has 1 heterocycles. The van der Waals surface area contributed by atoms with Crippen molar-refractivity contribution in [2.24, 2.45) is 5.73 Å². The Bertz CT molecular complexity index is 222. The van der Waals surface area contributed by atoms with Crippen molar-refractivity contribution in [1.29, 1.82) is 0 Å². The third-order valence-corrected chi connectivity index (χ3v) is 4.27. The smallest absolute Gasteiger partial charge is 0.241 e. The van der Waals surface area contributed by atoms with Crippen molar-refractivity contribution in [2.45, 2.75) is 36.6 Å². The number of rotatable bonds is 2. The van der Waals surface area contributed by atoms with Crippen LogP contribution in [-0.2, 0) is 4.79 Å². The first-order valence-corrected chi connectivity index (χ1v) is 6.11. The van der Waals surface area contributed by atoms with E-state index in [2.05, 4.69) is 6.26 Å². The molecule has 0 bridgehead atoms. The molecule has 1 saturated carbocycles. The van der Waals surface area contributed by atoms with Crippen LogP contribution in [0.25, 0.3) is 0 Å². The third-order valence-electron chi connectivity index (χ3n) is 3.11. The van der Waals surface area contributed by atoms with Gasteiger partial charge in [0.2, 0.25) is 5.91 Å². The molecule has 13 heavy (non-hydrogen) atoms. The molecule has 0 aromatic rings. The topological polar surface area (TPSA) is 46.3 Å². The minimum absolute atomic E-state index is 0.158. The van der Waals surface area contributed by atoms with Crippen LogP contribution in [-0.4, -0.2) is 40.9 Å². The number of nitrogens with two attached hydrogens (primary N) is 1. The monoisotopic (exact) mass is 200 g/mol. The van der Waals surface area contributed by atoms with Crippen molar-refractivity contribution in [1.82, 2.24) is 4.90 Å². The van der Waals surface area contributed by atoms with Gasteiger partial charge in [0.15, 0.2) is 0 Å². The fraction of sp³-hybridized carbons (Fsp3) is 0.889. The summed E-state index contributed by atoms with van der Waals surface area (Å²) in [5.74, 6) is 0.158. The average molecular weight is 200 g/mol. The fourth-order valence-corrected chi connectivity index (χ4v) is 3.32. The highest BCUT2D eigenvalue weighted by Gasteiger charge is 2.42. The number of thioether (sulfide) groups is 1. The van der Waals surface area contributed by atoms with Crippen LogP contribution >= 0.6 is 11.8 Å². The van der Waals surface area contributed by atoms with Crippen LogP contribution in [0.3, 0.4) is 0 Å². The third kappa shape index (κ3) is 1.46. The molecule has 0 aromatic carbocycles. The van der Waals surface area contributed by atoms with Crippen molar-refractivity contribution in [3.63, 3.8) is 0 Å². The zero-order valence-electron chi connectivity index (χ0n) is 7.90. The van der Waals surface area contributed by atoms with E-state index in [1.807, 2.05) is 16.7 Å². The average Bonchev–Trinajstić information content (AvgIpc) is 2.60. The highest BCUT2D eigenvalue weighted by atomic mass is 32.2. The number of β-lactam (4-membered cyclic amide) rings is 1. The van der Waals surface area contributed by atoms with E-state index in [1.54, 1.807) is 0 Å². The molecular weight excluding hydrogens is 184 g/mol. The van der Waals surface area contributed by atoms with Gasteiger partial charge in [0, 0.05) is 17.8 Å². The number of hydrogen-bond acceptors (Lipinski definition) is 3. The zero-order chi connectivity index (χ0) is 9.42. The van der Waals surface area contributed by atoms with Crippen LogP contribution in [0.15, 0.2) is 0 Å². The van der Waals surface area contributed by atoms with E-state index in [4.69, 9.17) is 5.73 Å². The van der Waals surface area contributed by atoms with Gasteiger partial charge >= 0.3 is 0 Å². The van der Waals surface area contributed by atoms with Crippen molar-refractivity contribution < 1.29 is 4.79 Å². The highest BCUT2D eigenvalue weighted by molar-refractivity contribution is 7.99. The molecule has 2 fully saturated rings. The van der Waals surface area contributed by atoms with E-state index in [-0.39, 0.29) is 11.9 Å². The number of hydrogen-bond donors (Lipinski definition) is 1. The van der Waals surface area contributed by atoms with Gasteiger partial charge in [0.1, 0.15) is 6.04 Å². The summed E-state index contributed by atoms with van der Waals surface area (Å²) >= 11 is 1.89. The van der Waals surface area contributed by atoms with Crippen LogP contribution < -0.4 is 5.73 Å². The minimum atomic E-state index is -0.205. The summed E-state index contributed by atoms with van der Waals surface area (Å²) in [5.41, 5.74) is 5.57. The first-order valence-electron chi connectivity index (χ1n) is 4.83. The van der Waals surface area contributed by atoms with E-state index in [9.17, 15) is 4.79 Å². The van der Waals surface area contributed by atoms with Gasteiger partial charge in [-0.3, -0.25) is 4.79 Å². The second kappa shape index (κ2) is 3.50. The normalized spacial score (nSPS) is 39.4. The Morgan fingerprint density at radius 2 is 2.31 bits per heavy atom. The summed E-state index contributed by atoms with van der Waals surface area (Å²) in [6.07, 6.45) is 5.82. The molecule has 3 atom stereocenters. The van der Waals surface area contributed by atoms with E-state index >= 15 is 0 Å². The minimum Gasteiger partial charge on any atom is -0.335 e. The van der Waals surface area contributed by atoms with Crippen LogP contribution in [0.2, 0.25) is 0 Å². The Labute approximate surface area is 83.0 Å². The lowest BCUT2D eigenvalue weighted by molar-refractivity contribution is -0.145. The molecule has 2 N–H and O–H groups in total. The predicted molar refractivity (Wildman–Crippen MR) is 54.6 cm³/mol. The molecule has 0 aromatic heterocycles. The number of carbonyl (C=O) groups excluding carboxylic acids is 1. The van der Waals surface area contributed by atoms with Crippen molar-refractivity contribution in [2.75, 3.05) is 12.8 Å². The summed E-state index contributed by atoms with van der Waals surface area (Å²) in [6.45, 7) is 0.778. The van der Waals surface area contributed by atoms with Crippen molar-refractivity contribution in [3.05, 3.63) is 0 Å². The molecule has 2 rings (SSSR count). The van der Waals surface area contributed by atoms with Gasteiger partial charge in [-0.1, -0.05) is 6.42 Å². The number of likely N-dealkylation sites (tertiary alicyclic amines) is 1. The lowest BCUT2D eigenvalue weighted by Gasteiger charge is -2.42. The summed E-state index contributed by atoms with van der Waals surface area (Å²) in [4.78, 5) is 13.4. The van der Waals surface area contributed by atoms with Gasteiger partial charge < -0.3 is 10.6 Å². The summed E-state index contributed by atoms with van der Waals surface area (Å²) in [5, 5.41) is 0.649. The zero-order valence-corrected chi connectivity index (χ0v) is 8.72. The van der Waals surface area contributed by atoms with E-state index in [0.29, 0.717) is 11.3 Å². The maximum absolute atomic E-state index is 11.4. The number of nitrogens with zero attached hydrogens (tertiary/aromatic N) is 1. The standard InChI is InChI=1S/C9H16N2OS/c1-13-8-4-2-3-7(8)11-5-6(10)9(11)12/h6-8H,2-5,10H2,1H3. The molecular formula is C9H16N2OS. The molecule has 1 aliphatic heterocycles. The highest BCUT2D eigenvalue weighted by Crippen LogP contribution is 2.34. The Morgan fingerprint density at radius 1 is 1.54 bits per heavy atom. The Morgan fingerprint density at radius 3 is 2.85 bits per heavy atom. The molecule has 1 aliphatic carbocycles. The number of carbonyl (C=O) groups is 1. The first kappa shape index (κ1) is 9.34. The van der Waals surface area contributed by atoms with E-state index in [0.717, 1.165) is 6.54 Å². The van der Waals surface area contributed by atoms with Crippen LogP contribution in [0.1, 0.15) is 19.3 Å².